The lowest BCUT2D eigenvalue weighted by Crippen LogP contribution is -2.19. The number of thiazole rings is 1. The van der Waals surface area contributed by atoms with Gasteiger partial charge in [-0.05, 0) is 30.3 Å². The average Bonchev–Trinajstić information content (AvgIpc) is 3.24. The number of aromatic nitrogens is 2. The molecule has 0 aliphatic heterocycles. The Hall–Kier alpha value is -3.03. The largest absolute Gasteiger partial charge is 0.495 e. The summed E-state index contributed by atoms with van der Waals surface area (Å²) in [5.41, 5.74) is 3.03. The molecule has 4 rings (SSSR count). The molecule has 0 fully saturated rings. The topological polar surface area (TPSA) is 67.7 Å². The minimum Gasteiger partial charge on any atom is -0.495 e. The van der Waals surface area contributed by atoms with Gasteiger partial charge in [-0.1, -0.05) is 23.7 Å². The van der Waals surface area contributed by atoms with Crippen LogP contribution in [0.5, 0.6) is 5.75 Å². The van der Waals surface area contributed by atoms with E-state index < -0.39 is 0 Å². The van der Waals surface area contributed by atoms with Crippen molar-refractivity contribution in [2.75, 3.05) is 17.7 Å². The molecule has 0 aliphatic carbocycles. The van der Waals surface area contributed by atoms with E-state index in [-0.39, 0.29) is 6.03 Å². The summed E-state index contributed by atoms with van der Waals surface area (Å²) >= 11 is 7.57. The molecule has 2 N–H and O–H groups in total. The molecule has 8 heteroatoms. The average molecular weight is 399 g/mol. The Morgan fingerprint density at radius 1 is 1.19 bits per heavy atom. The van der Waals surface area contributed by atoms with Crippen molar-refractivity contribution in [1.82, 2.24) is 9.38 Å². The number of urea groups is 1. The molecule has 136 valence electrons. The summed E-state index contributed by atoms with van der Waals surface area (Å²) in [6.07, 6.45) is 3.95. The molecule has 2 aromatic carbocycles. The van der Waals surface area contributed by atoms with Crippen LogP contribution in [0.1, 0.15) is 0 Å². The van der Waals surface area contributed by atoms with Gasteiger partial charge in [-0.3, -0.25) is 4.40 Å². The molecule has 0 saturated carbocycles. The highest BCUT2D eigenvalue weighted by atomic mass is 35.5. The van der Waals surface area contributed by atoms with Gasteiger partial charge < -0.3 is 15.4 Å². The molecule has 27 heavy (non-hydrogen) atoms. The van der Waals surface area contributed by atoms with Crippen molar-refractivity contribution in [2.45, 2.75) is 0 Å². The normalized spacial score (nSPS) is 10.7. The first kappa shape index (κ1) is 17.4. The van der Waals surface area contributed by atoms with Crippen LogP contribution in [0, 0.1) is 0 Å². The van der Waals surface area contributed by atoms with Crippen molar-refractivity contribution in [3.05, 3.63) is 65.3 Å². The number of hydrogen-bond donors (Lipinski definition) is 2. The second kappa shape index (κ2) is 7.30. The molecule has 4 aromatic rings. The molecule has 0 saturated heterocycles. The highest BCUT2D eigenvalue weighted by molar-refractivity contribution is 7.15. The number of rotatable bonds is 4. The fourth-order valence-electron chi connectivity index (χ4n) is 2.65. The van der Waals surface area contributed by atoms with Crippen LogP contribution >= 0.6 is 22.9 Å². The highest BCUT2D eigenvalue weighted by Gasteiger charge is 2.09. The molecule has 2 aromatic heterocycles. The Bertz CT molecular complexity index is 1080. The minimum atomic E-state index is -0.383. The number of ether oxygens (including phenoxy) is 1. The number of imidazole rings is 1. The molecule has 0 atom stereocenters. The van der Waals surface area contributed by atoms with Gasteiger partial charge in [0.05, 0.1) is 18.5 Å². The van der Waals surface area contributed by atoms with Crippen LogP contribution in [0.4, 0.5) is 16.2 Å². The number of anilines is 2. The number of halogens is 1. The van der Waals surface area contributed by atoms with Crippen LogP contribution in [-0.4, -0.2) is 22.5 Å². The van der Waals surface area contributed by atoms with Gasteiger partial charge in [0, 0.05) is 34.0 Å². The third kappa shape index (κ3) is 3.74. The Morgan fingerprint density at radius 2 is 2.00 bits per heavy atom. The van der Waals surface area contributed by atoms with Gasteiger partial charge in [0.2, 0.25) is 0 Å². The Balaban J connectivity index is 1.46. The lowest BCUT2D eigenvalue weighted by molar-refractivity contribution is 0.262. The summed E-state index contributed by atoms with van der Waals surface area (Å²) in [4.78, 5) is 17.8. The molecular weight excluding hydrogens is 384 g/mol. The van der Waals surface area contributed by atoms with Crippen LogP contribution in [0.3, 0.4) is 0 Å². The lowest BCUT2D eigenvalue weighted by atomic mass is 10.1. The third-order valence-electron chi connectivity index (χ3n) is 3.94. The second-order valence-electron chi connectivity index (χ2n) is 5.72. The first-order valence-electron chi connectivity index (χ1n) is 8.06. The zero-order chi connectivity index (χ0) is 18.8. The van der Waals surface area contributed by atoms with Gasteiger partial charge in [0.15, 0.2) is 4.96 Å². The number of carbonyl (C=O) groups is 1. The minimum absolute atomic E-state index is 0.383. The number of nitrogens with zero attached hydrogens (tertiary/aromatic N) is 2. The van der Waals surface area contributed by atoms with Crippen LogP contribution in [0.15, 0.2) is 60.2 Å². The SMILES string of the molecule is COc1ccc(Cl)cc1NC(=O)Nc1ccc(-c2cn3ccsc3n2)cc1. The van der Waals surface area contributed by atoms with Crippen LogP contribution in [0.2, 0.25) is 5.02 Å². The van der Waals surface area contributed by atoms with Crippen LogP contribution in [-0.2, 0) is 0 Å². The molecule has 2 heterocycles. The molecule has 0 aliphatic rings. The molecule has 0 radical (unpaired) electrons. The van der Waals surface area contributed by atoms with E-state index in [4.69, 9.17) is 16.3 Å². The van der Waals surface area contributed by atoms with E-state index in [1.165, 1.54) is 7.11 Å². The van der Waals surface area contributed by atoms with E-state index >= 15 is 0 Å². The van der Waals surface area contributed by atoms with Crippen molar-refractivity contribution in [1.29, 1.82) is 0 Å². The number of benzene rings is 2. The number of methoxy groups -OCH3 is 1. The van der Waals surface area contributed by atoms with Gasteiger partial charge in [0.25, 0.3) is 0 Å². The first-order chi connectivity index (χ1) is 13.1. The summed E-state index contributed by atoms with van der Waals surface area (Å²) in [5, 5.41) is 8.03. The maximum Gasteiger partial charge on any atom is 0.323 e. The maximum absolute atomic E-state index is 12.3. The Kier molecular flexibility index (Phi) is 4.70. The summed E-state index contributed by atoms with van der Waals surface area (Å²) in [6, 6.07) is 12.1. The molecule has 6 nitrogen and oxygen atoms in total. The quantitative estimate of drug-likeness (QED) is 0.485. The van der Waals surface area contributed by atoms with Crippen molar-refractivity contribution in [3.63, 3.8) is 0 Å². The number of nitrogens with one attached hydrogen (secondary N) is 2. The zero-order valence-electron chi connectivity index (χ0n) is 14.3. The fourth-order valence-corrected chi connectivity index (χ4v) is 3.53. The standard InChI is InChI=1S/C19H15ClN4O2S/c1-26-17-7-4-13(20)10-15(17)22-18(25)21-14-5-2-12(3-6-14)16-11-24-8-9-27-19(24)23-16/h2-11H,1H3,(H2,21,22,25). The predicted molar refractivity (Wildman–Crippen MR) is 109 cm³/mol. The Labute approximate surface area is 164 Å². The van der Waals surface area contributed by atoms with Gasteiger partial charge in [-0.15, -0.1) is 11.3 Å². The van der Waals surface area contributed by atoms with E-state index in [2.05, 4.69) is 15.6 Å². The molecule has 0 spiro atoms. The number of fused-ring (bicyclic) bond motifs is 1. The van der Waals surface area contributed by atoms with Crippen molar-refractivity contribution in [3.8, 4) is 17.0 Å². The summed E-state index contributed by atoms with van der Waals surface area (Å²) < 4.78 is 7.21. The first-order valence-corrected chi connectivity index (χ1v) is 9.32. The fraction of sp³-hybridized carbons (Fsp3) is 0.0526. The van der Waals surface area contributed by atoms with Crippen molar-refractivity contribution in [2.24, 2.45) is 0 Å². The lowest BCUT2D eigenvalue weighted by Gasteiger charge is -2.11. The smallest absolute Gasteiger partial charge is 0.323 e. The van der Waals surface area contributed by atoms with Crippen molar-refractivity contribution < 1.29 is 9.53 Å². The highest BCUT2D eigenvalue weighted by Crippen LogP contribution is 2.28. The van der Waals surface area contributed by atoms with Crippen molar-refractivity contribution >= 4 is 45.3 Å². The van der Waals surface area contributed by atoms with Crippen LogP contribution in [0.25, 0.3) is 16.2 Å². The van der Waals surface area contributed by atoms with Gasteiger partial charge in [0.1, 0.15) is 5.75 Å². The second-order valence-corrected chi connectivity index (χ2v) is 7.03. The van der Waals surface area contributed by atoms with Crippen LogP contribution < -0.4 is 15.4 Å². The summed E-state index contributed by atoms with van der Waals surface area (Å²) in [6.45, 7) is 0. The summed E-state index contributed by atoms with van der Waals surface area (Å²) in [5.74, 6) is 0.532. The monoisotopic (exact) mass is 398 g/mol. The van der Waals surface area contributed by atoms with Gasteiger partial charge in [-0.2, -0.15) is 0 Å². The van der Waals surface area contributed by atoms with E-state index in [0.29, 0.717) is 22.1 Å². The molecule has 0 unspecified atom stereocenters. The summed E-state index contributed by atoms with van der Waals surface area (Å²) in [7, 11) is 1.53. The van der Waals surface area contributed by atoms with Gasteiger partial charge >= 0.3 is 6.03 Å². The number of amides is 2. The number of carbonyl (C=O) groups excluding carboxylic acids is 1. The molecular formula is C19H15ClN4O2S. The molecule has 2 amide bonds. The third-order valence-corrected chi connectivity index (χ3v) is 4.95. The van der Waals surface area contributed by atoms with E-state index in [1.807, 2.05) is 46.4 Å². The Morgan fingerprint density at radius 3 is 2.74 bits per heavy atom. The molecule has 0 bridgehead atoms. The zero-order valence-corrected chi connectivity index (χ0v) is 15.8. The van der Waals surface area contributed by atoms with E-state index in [9.17, 15) is 4.79 Å². The van der Waals surface area contributed by atoms with E-state index in [0.717, 1.165) is 16.2 Å². The number of hydrogen-bond acceptors (Lipinski definition) is 4. The van der Waals surface area contributed by atoms with Gasteiger partial charge in [-0.25, -0.2) is 9.78 Å². The predicted octanol–water partition coefficient (Wildman–Crippen LogP) is 5.37. The maximum atomic E-state index is 12.3. The van der Waals surface area contributed by atoms with E-state index in [1.54, 1.807) is 29.5 Å².